The number of rotatable bonds is 10. The van der Waals surface area contributed by atoms with Crippen LogP contribution in [-0.2, 0) is 16.6 Å². The van der Waals surface area contributed by atoms with E-state index in [1.807, 2.05) is 24.8 Å². The maximum atomic E-state index is 13.6. The largest absolute Gasteiger partial charge is 0.351 e. The number of hydrogen-bond acceptors (Lipinski definition) is 4. The lowest BCUT2D eigenvalue weighted by Gasteiger charge is -2.26. The van der Waals surface area contributed by atoms with Crippen molar-refractivity contribution in [3.05, 3.63) is 94.5 Å². The van der Waals surface area contributed by atoms with Gasteiger partial charge in [0.1, 0.15) is 0 Å². The summed E-state index contributed by atoms with van der Waals surface area (Å²) in [5, 5.41) is 4.18. The summed E-state index contributed by atoms with van der Waals surface area (Å²) >= 11 is 8.18. The van der Waals surface area contributed by atoms with Gasteiger partial charge in [0.05, 0.1) is 17.1 Å². The van der Waals surface area contributed by atoms with Crippen molar-refractivity contribution in [2.24, 2.45) is 0 Å². The highest BCUT2D eigenvalue weighted by Crippen LogP contribution is 2.31. The molecule has 1 fully saturated rings. The van der Waals surface area contributed by atoms with Gasteiger partial charge in [-0.2, -0.15) is 11.8 Å². The van der Waals surface area contributed by atoms with Crippen LogP contribution in [0, 0.1) is 6.92 Å². The van der Waals surface area contributed by atoms with Gasteiger partial charge in [-0.1, -0.05) is 60.8 Å². The molecule has 0 radical (unpaired) electrons. The number of anilines is 1. The van der Waals surface area contributed by atoms with Crippen molar-refractivity contribution in [1.82, 2.24) is 5.32 Å². The van der Waals surface area contributed by atoms with E-state index in [2.05, 4.69) is 5.32 Å². The highest BCUT2D eigenvalue weighted by Gasteiger charge is 2.26. The smallest absolute Gasteiger partial charge is 0.264 e. The lowest BCUT2D eigenvalue weighted by atomic mass is 10.1. The van der Waals surface area contributed by atoms with Gasteiger partial charge in [0, 0.05) is 28.1 Å². The lowest BCUT2D eigenvalue weighted by Crippen LogP contribution is -2.31. The quantitative estimate of drug-likeness (QED) is 0.299. The summed E-state index contributed by atoms with van der Waals surface area (Å²) in [6.45, 7) is 2.61. The van der Waals surface area contributed by atoms with Crippen LogP contribution >= 0.6 is 23.4 Å². The van der Waals surface area contributed by atoms with E-state index in [4.69, 9.17) is 11.6 Å². The van der Waals surface area contributed by atoms with Gasteiger partial charge >= 0.3 is 0 Å². The van der Waals surface area contributed by atoms with E-state index < -0.39 is 10.0 Å². The molecule has 0 heterocycles. The second kappa shape index (κ2) is 12.2. The maximum Gasteiger partial charge on any atom is 0.264 e. The molecule has 5 nitrogen and oxygen atoms in total. The molecule has 36 heavy (non-hydrogen) atoms. The Morgan fingerprint density at radius 2 is 1.72 bits per heavy atom. The number of aryl methyl sites for hydroxylation is 1. The average Bonchev–Trinajstić information content (AvgIpc) is 3.41. The number of halogens is 1. The third kappa shape index (κ3) is 6.64. The number of nitrogens with one attached hydrogen (secondary N) is 1. The summed E-state index contributed by atoms with van der Waals surface area (Å²) in [7, 11) is -3.85. The van der Waals surface area contributed by atoms with Crippen molar-refractivity contribution >= 4 is 45.0 Å². The molecule has 0 unspecified atom stereocenters. The first-order valence-corrected chi connectivity index (χ1v) is 15.0. The normalized spacial score (nSPS) is 14.1. The van der Waals surface area contributed by atoms with Crippen molar-refractivity contribution < 1.29 is 13.2 Å². The topological polar surface area (TPSA) is 66.5 Å². The summed E-state index contributed by atoms with van der Waals surface area (Å²) in [5.74, 6) is 0.799. The number of carbonyl (C=O) groups excluding carboxylic acids is 1. The summed E-state index contributed by atoms with van der Waals surface area (Å²) in [4.78, 5) is 12.8. The number of thioether (sulfide) groups is 1. The maximum absolute atomic E-state index is 13.6. The molecule has 0 atom stereocenters. The molecule has 0 aliphatic heterocycles. The van der Waals surface area contributed by atoms with Gasteiger partial charge in [-0.15, -0.1) is 0 Å². The van der Waals surface area contributed by atoms with Crippen molar-refractivity contribution in [2.75, 3.05) is 16.6 Å². The summed E-state index contributed by atoms with van der Waals surface area (Å²) in [6.07, 6.45) is 5.20. The Morgan fingerprint density at radius 1 is 1.03 bits per heavy atom. The van der Waals surface area contributed by atoms with Crippen molar-refractivity contribution in [2.45, 2.75) is 49.3 Å². The van der Waals surface area contributed by atoms with E-state index in [1.165, 1.54) is 30.0 Å². The van der Waals surface area contributed by atoms with Crippen LogP contribution in [0.15, 0.2) is 77.7 Å². The summed E-state index contributed by atoms with van der Waals surface area (Å²) in [5.41, 5.74) is 2.64. The third-order valence-corrected chi connectivity index (χ3v) is 9.75. The summed E-state index contributed by atoms with van der Waals surface area (Å²) < 4.78 is 28.6. The number of sulfonamides is 1. The van der Waals surface area contributed by atoms with Crippen LogP contribution in [0.4, 0.5) is 5.69 Å². The van der Waals surface area contributed by atoms with Gasteiger partial charge in [-0.3, -0.25) is 9.10 Å². The molecule has 0 aromatic heterocycles. The zero-order valence-electron chi connectivity index (χ0n) is 20.3. The fourth-order valence-electron chi connectivity index (χ4n) is 4.35. The Morgan fingerprint density at radius 3 is 2.42 bits per heavy atom. The highest BCUT2D eigenvalue weighted by molar-refractivity contribution is 7.99. The third-order valence-electron chi connectivity index (χ3n) is 6.36. The van der Waals surface area contributed by atoms with Gasteiger partial charge in [0.25, 0.3) is 15.9 Å². The fourth-order valence-corrected chi connectivity index (χ4v) is 7.26. The van der Waals surface area contributed by atoms with Crippen LogP contribution in [0.2, 0.25) is 5.02 Å². The van der Waals surface area contributed by atoms with E-state index in [1.54, 1.807) is 66.7 Å². The Labute approximate surface area is 223 Å². The van der Waals surface area contributed by atoms with Crippen LogP contribution in [-0.4, -0.2) is 31.9 Å². The Hall–Kier alpha value is -2.48. The molecule has 1 amide bonds. The molecule has 4 rings (SSSR count). The van der Waals surface area contributed by atoms with Gasteiger partial charge in [-0.25, -0.2) is 8.42 Å². The van der Waals surface area contributed by atoms with Crippen LogP contribution < -0.4 is 9.62 Å². The van der Waals surface area contributed by atoms with Gasteiger partial charge < -0.3 is 5.32 Å². The molecule has 0 saturated heterocycles. The first-order chi connectivity index (χ1) is 17.3. The van der Waals surface area contributed by atoms with Crippen LogP contribution in [0.5, 0.6) is 0 Å². The van der Waals surface area contributed by atoms with Crippen molar-refractivity contribution in [1.29, 1.82) is 0 Å². The molecule has 1 aliphatic rings. The van der Waals surface area contributed by atoms with Gasteiger partial charge in [0.15, 0.2) is 0 Å². The van der Waals surface area contributed by atoms with Crippen molar-refractivity contribution in [3.8, 4) is 0 Å². The molecule has 1 N–H and O–H groups in total. The summed E-state index contributed by atoms with van der Waals surface area (Å²) in [6, 6.07) is 20.7. The highest BCUT2D eigenvalue weighted by atomic mass is 35.5. The van der Waals surface area contributed by atoms with E-state index in [-0.39, 0.29) is 17.3 Å². The minimum atomic E-state index is -3.85. The predicted octanol–water partition coefficient (Wildman–Crippen LogP) is 6.45. The zero-order valence-corrected chi connectivity index (χ0v) is 22.7. The van der Waals surface area contributed by atoms with E-state index >= 15 is 0 Å². The van der Waals surface area contributed by atoms with E-state index in [0.29, 0.717) is 22.8 Å². The second-order valence-electron chi connectivity index (χ2n) is 8.99. The first-order valence-electron chi connectivity index (χ1n) is 12.2. The van der Waals surface area contributed by atoms with E-state index in [9.17, 15) is 13.2 Å². The average molecular weight is 543 g/mol. The molecular formula is C28H31ClN2O3S2. The second-order valence-corrected chi connectivity index (χ2v) is 12.7. The number of amides is 1. The van der Waals surface area contributed by atoms with Gasteiger partial charge in [-0.05, 0) is 67.3 Å². The predicted molar refractivity (Wildman–Crippen MR) is 149 cm³/mol. The SMILES string of the molecule is Cc1ccc(Cl)cc1N(Cc1ccc(C(=O)NCCSC2CCCC2)cc1)S(=O)(=O)c1ccccc1. The molecular weight excluding hydrogens is 512 g/mol. The Bertz CT molecular complexity index is 1280. The molecule has 190 valence electrons. The number of nitrogens with zero attached hydrogens (tertiary/aromatic N) is 1. The number of hydrogen-bond donors (Lipinski definition) is 1. The molecule has 0 spiro atoms. The first kappa shape index (κ1) is 26.6. The molecule has 3 aromatic carbocycles. The fraction of sp³-hybridized carbons (Fsp3) is 0.321. The lowest BCUT2D eigenvalue weighted by molar-refractivity contribution is 0.0956. The number of carbonyl (C=O) groups is 1. The van der Waals surface area contributed by atoms with Crippen LogP contribution in [0.25, 0.3) is 0 Å². The molecule has 1 saturated carbocycles. The standard InChI is InChI=1S/C28H31ClN2O3S2/c1-21-11-16-24(29)19-27(21)31(36(33,34)26-9-3-2-4-10-26)20-22-12-14-23(15-13-22)28(32)30-17-18-35-25-7-5-6-8-25/h2-4,9-16,19,25H,5-8,17-18,20H2,1H3,(H,30,32). The molecule has 3 aromatic rings. The number of benzene rings is 3. The van der Waals surface area contributed by atoms with Gasteiger partial charge in [0.2, 0.25) is 0 Å². The minimum absolute atomic E-state index is 0.109. The monoisotopic (exact) mass is 542 g/mol. The zero-order chi connectivity index (χ0) is 25.5. The van der Waals surface area contributed by atoms with Crippen molar-refractivity contribution in [3.63, 3.8) is 0 Å². The Kier molecular flexibility index (Phi) is 8.99. The molecule has 0 bridgehead atoms. The Balaban J connectivity index is 1.48. The van der Waals surface area contributed by atoms with Crippen LogP contribution in [0.3, 0.4) is 0 Å². The van der Waals surface area contributed by atoms with E-state index in [0.717, 1.165) is 22.1 Å². The molecule has 8 heteroatoms. The van der Waals surface area contributed by atoms with Crippen LogP contribution in [0.1, 0.15) is 47.2 Å². The minimum Gasteiger partial charge on any atom is -0.351 e. The molecule has 1 aliphatic carbocycles.